The van der Waals surface area contributed by atoms with Crippen LogP contribution in [-0.4, -0.2) is 19.0 Å². The van der Waals surface area contributed by atoms with E-state index in [2.05, 4.69) is 5.32 Å². The van der Waals surface area contributed by atoms with Crippen LogP contribution in [0.1, 0.15) is 11.1 Å². The van der Waals surface area contributed by atoms with E-state index in [0.29, 0.717) is 11.4 Å². The third-order valence-corrected chi connectivity index (χ3v) is 4.08. The Hall–Kier alpha value is -3.86. The lowest BCUT2D eigenvalue weighted by Crippen LogP contribution is -2.20. The summed E-state index contributed by atoms with van der Waals surface area (Å²) in [7, 11) is 1.57. The Morgan fingerprint density at radius 3 is 2.10 bits per heavy atom. The zero-order valence-corrected chi connectivity index (χ0v) is 16.0. The minimum Gasteiger partial charge on any atom is -0.497 e. The Morgan fingerprint density at radius 2 is 1.48 bits per heavy atom. The van der Waals surface area contributed by atoms with Crippen LogP contribution in [0.15, 0.2) is 90.7 Å². The van der Waals surface area contributed by atoms with Gasteiger partial charge in [-0.05, 0) is 41.5 Å². The number of ether oxygens (including phenoxy) is 2. The Balaban J connectivity index is 1.77. The summed E-state index contributed by atoms with van der Waals surface area (Å²) in [6.45, 7) is 0. The Bertz CT molecular complexity index is 980. The molecule has 0 aliphatic rings. The van der Waals surface area contributed by atoms with E-state index in [1.165, 1.54) is 0 Å². The number of hydrogen-bond acceptors (Lipinski definition) is 4. The highest BCUT2D eigenvalue weighted by molar-refractivity contribution is 6.06. The summed E-state index contributed by atoms with van der Waals surface area (Å²) in [5.74, 6) is -0.422. The largest absolute Gasteiger partial charge is 0.497 e. The van der Waals surface area contributed by atoms with Gasteiger partial charge >= 0.3 is 5.97 Å². The van der Waals surface area contributed by atoms with Crippen LogP contribution < -0.4 is 10.1 Å². The molecule has 0 aromatic heterocycles. The SMILES string of the molecule is COc1ccc(NC(=O)/C(=C/c2ccccc2)OC(=O)Cc2ccccc2)cc1. The van der Waals surface area contributed by atoms with Crippen LogP contribution in [0.25, 0.3) is 6.08 Å². The van der Waals surface area contributed by atoms with Gasteiger partial charge in [0.15, 0.2) is 5.76 Å². The summed E-state index contributed by atoms with van der Waals surface area (Å²) in [5.41, 5.74) is 2.13. The van der Waals surface area contributed by atoms with E-state index in [0.717, 1.165) is 11.1 Å². The number of nitrogens with one attached hydrogen (secondary N) is 1. The first-order chi connectivity index (χ1) is 14.1. The van der Waals surface area contributed by atoms with Gasteiger partial charge in [0.05, 0.1) is 13.5 Å². The Labute approximate surface area is 169 Å². The molecule has 0 unspecified atom stereocenters. The smallest absolute Gasteiger partial charge is 0.315 e. The summed E-state index contributed by atoms with van der Waals surface area (Å²) in [5, 5.41) is 2.74. The standard InChI is InChI=1S/C24H21NO4/c1-28-21-14-12-20(13-15-21)25-24(27)22(16-18-8-4-2-5-9-18)29-23(26)17-19-10-6-3-7-11-19/h2-16H,17H2,1H3,(H,25,27)/b22-16-. The van der Waals surface area contributed by atoms with Gasteiger partial charge < -0.3 is 14.8 Å². The lowest BCUT2D eigenvalue weighted by Gasteiger charge is -2.11. The van der Waals surface area contributed by atoms with Gasteiger partial charge in [0.1, 0.15) is 5.75 Å². The first kappa shape index (κ1) is 19.9. The summed E-state index contributed by atoms with van der Waals surface area (Å²) >= 11 is 0. The van der Waals surface area contributed by atoms with Gasteiger partial charge in [-0.25, -0.2) is 0 Å². The number of amides is 1. The van der Waals surface area contributed by atoms with Crippen LogP contribution >= 0.6 is 0 Å². The van der Waals surface area contributed by atoms with Crippen molar-refractivity contribution >= 4 is 23.6 Å². The molecule has 3 rings (SSSR count). The number of hydrogen-bond donors (Lipinski definition) is 1. The molecular weight excluding hydrogens is 366 g/mol. The molecule has 0 aliphatic carbocycles. The second-order valence-corrected chi connectivity index (χ2v) is 6.24. The fourth-order valence-corrected chi connectivity index (χ4v) is 2.63. The second kappa shape index (κ2) is 9.90. The molecule has 146 valence electrons. The van der Waals surface area contributed by atoms with E-state index < -0.39 is 11.9 Å². The molecule has 0 atom stereocenters. The topological polar surface area (TPSA) is 64.6 Å². The predicted molar refractivity (Wildman–Crippen MR) is 112 cm³/mol. The molecule has 1 amide bonds. The molecule has 0 spiro atoms. The highest BCUT2D eigenvalue weighted by atomic mass is 16.5. The van der Waals surface area contributed by atoms with E-state index in [1.54, 1.807) is 37.5 Å². The number of esters is 1. The second-order valence-electron chi connectivity index (χ2n) is 6.24. The van der Waals surface area contributed by atoms with Gasteiger partial charge in [-0.1, -0.05) is 60.7 Å². The van der Waals surface area contributed by atoms with Crippen molar-refractivity contribution < 1.29 is 19.1 Å². The van der Waals surface area contributed by atoms with E-state index >= 15 is 0 Å². The number of rotatable bonds is 7. The molecule has 3 aromatic carbocycles. The van der Waals surface area contributed by atoms with Gasteiger partial charge in [0.2, 0.25) is 0 Å². The van der Waals surface area contributed by atoms with Gasteiger partial charge in [-0.15, -0.1) is 0 Å². The molecule has 0 saturated carbocycles. The predicted octanol–water partition coefficient (Wildman–Crippen LogP) is 4.46. The van der Waals surface area contributed by atoms with Crippen molar-refractivity contribution in [2.24, 2.45) is 0 Å². The van der Waals surface area contributed by atoms with Crippen molar-refractivity contribution in [2.75, 3.05) is 12.4 Å². The molecule has 0 radical (unpaired) electrons. The minimum absolute atomic E-state index is 0.0722. The van der Waals surface area contributed by atoms with Gasteiger partial charge in [-0.3, -0.25) is 9.59 Å². The molecule has 1 N–H and O–H groups in total. The zero-order chi connectivity index (χ0) is 20.5. The van der Waals surface area contributed by atoms with Crippen molar-refractivity contribution in [1.29, 1.82) is 0 Å². The average molecular weight is 387 g/mol. The molecule has 5 heteroatoms. The summed E-state index contributed by atoms with van der Waals surface area (Å²) in [6.07, 6.45) is 1.62. The molecule has 29 heavy (non-hydrogen) atoms. The maximum Gasteiger partial charge on any atom is 0.315 e. The molecule has 0 fully saturated rings. The van der Waals surface area contributed by atoms with Gasteiger partial charge in [0, 0.05) is 5.69 Å². The Kier molecular flexibility index (Phi) is 6.79. The molecule has 5 nitrogen and oxygen atoms in total. The first-order valence-corrected chi connectivity index (χ1v) is 9.11. The quantitative estimate of drug-likeness (QED) is 0.369. The van der Waals surface area contributed by atoms with Crippen LogP contribution in [-0.2, 0) is 20.7 Å². The van der Waals surface area contributed by atoms with E-state index in [9.17, 15) is 9.59 Å². The molecule has 0 bridgehead atoms. The van der Waals surface area contributed by atoms with E-state index in [1.807, 2.05) is 60.7 Å². The summed E-state index contributed by atoms with van der Waals surface area (Å²) in [4.78, 5) is 25.2. The minimum atomic E-state index is -0.513. The van der Waals surface area contributed by atoms with Crippen molar-refractivity contribution in [3.8, 4) is 5.75 Å². The average Bonchev–Trinajstić information content (AvgIpc) is 2.75. The number of carbonyl (C=O) groups is 2. The third kappa shape index (κ3) is 6.07. The number of methoxy groups -OCH3 is 1. The number of benzene rings is 3. The lowest BCUT2D eigenvalue weighted by molar-refractivity contribution is -0.141. The molecule has 0 heterocycles. The van der Waals surface area contributed by atoms with Crippen molar-refractivity contribution in [2.45, 2.75) is 6.42 Å². The van der Waals surface area contributed by atoms with Crippen LogP contribution in [0.2, 0.25) is 0 Å². The first-order valence-electron chi connectivity index (χ1n) is 9.11. The molecular formula is C24H21NO4. The maximum atomic E-state index is 12.8. The number of anilines is 1. The van der Waals surface area contributed by atoms with Crippen LogP contribution in [0.4, 0.5) is 5.69 Å². The molecule has 0 saturated heterocycles. The highest BCUT2D eigenvalue weighted by Crippen LogP contribution is 2.17. The van der Waals surface area contributed by atoms with Crippen LogP contribution in [0, 0.1) is 0 Å². The van der Waals surface area contributed by atoms with E-state index in [4.69, 9.17) is 9.47 Å². The summed E-state index contributed by atoms with van der Waals surface area (Å²) in [6, 6.07) is 25.3. The zero-order valence-electron chi connectivity index (χ0n) is 16.0. The fourth-order valence-electron chi connectivity index (χ4n) is 2.63. The summed E-state index contributed by atoms with van der Waals surface area (Å²) < 4.78 is 10.5. The highest BCUT2D eigenvalue weighted by Gasteiger charge is 2.17. The Morgan fingerprint density at radius 1 is 0.862 bits per heavy atom. The van der Waals surface area contributed by atoms with Crippen LogP contribution in [0.5, 0.6) is 5.75 Å². The van der Waals surface area contributed by atoms with Gasteiger partial charge in [0.25, 0.3) is 5.91 Å². The maximum absolute atomic E-state index is 12.8. The fraction of sp³-hybridized carbons (Fsp3) is 0.0833. The molecule has 3 aromatic rings. The lowest BCUT2D eigenvalue weighted by atomic mass is 10.1. The van der Waals surface area contributed by atoms with E-state index in [-0.39, 0.29) is 12.2 Å². The van der Waals surface area contributed by atoms with Crippen molar-refractivity contribution in [3.63, 3.8) is 0 Å². The van der Waals surface area contributed by atoms with Crippen LogP contribution in [0.3, 0.4) is 0 Å². The van der Waals surface area contributed by atoms with Crippen molar-refractivity contribution in [3.05, 3.63) is 102 Å². The monoisotopic (exact) mass is 387 g/mol. The normalized spacial score (nSPS) is 10.9. The molecule has 0 aliphatic heterocycles. The number of carbonyl (C=O) groups excluding carboxylic acids is 2. The van der Waals surface area contributed by atoms with Crippen molar-refractivity contribution in [1.82, 2.24) is 0 Å². The third-order valence-electron chi connectivity index (χ3n) is 4.08. The van der Waals surface area contributed by atoms with Gasteiger partial charge in [-0.2, -0.15) is 0 Å².